The van der Waals surface area contributed by atoms with Crippen LogP contribution in [0, 0.1) is 5.92 Å². The lowest BCUT2D eigenvalue weighted by Gasteiger charge is -2.10. The summed E-state index contributed by atoms with van der Waals surface area (Å²) in [6, 6.07) is -0.0382. The molecule has 1 aromatic heterocycles. The topological polar surface area (TPSA) is 67.6 Å². The first kappa shape index (κ1) is 8.69. The maximum absolute atomic E-state index is 5.93. The van der Waals surface area contributed by atoms with Crippen LogP contribution < -0.4 is 5.73 Å². The Balaban J connectivity index is 2.11. The second kappa shape index (κ2) is 3.10. The molecule has 0 aliphatic heterocycles. The highest BCUT2D eigenvalue weighted by Crippen LogP contribution is 2.38. The van der Waals surface area contributed by atoms with Crippen LogP contribution in [0.2, 0.25) is 0 Å². The zero-order chi connectivity index (χ0) is 9.42. The fraction of sp³-hybridized carbons (Fsp3) is 0.778. The van der Waals surface area contributed by atoms with E-state index in [0.717, 1.165) is 11.6 Å². The fourth-order valence-electron chi connectivity index (χ4n) is 1.27. The van der Waals surface area contributed by atoms with Gasteiger partial charge in [-0.2, -0.15) is 5.10 Å². The van der Waals surface area contributed by atoms with Crippen LogP contribution in [0.15, 0.2) is 0 Å². The highest BCUT2D eigenvalue weighted by Gasteiger charge is 2.28. The molecule has 0 saturated heterocycles. The minimum absolute atomic E-state index is 0.0382. The first-order chi connectivity index (χ1) is 6.18. The number of hydrogen-bond donors (Lipinski definition) is 2. The van der Waals surface area contributed by atoms with E-state index in [4.69, 9.17) is 5.73 Å². The lowest BCUT2D eigenvalue weighted by molar-refractivity contribution is 0.491. The first-order valence-electron chi connectivity index (χ1n) is 4.86. The van der Waals surface area contributed by atoms with E-state index in [-0.39, 0.29) is 6.04 Å². The minimum Gasteiger partial charge on any atom is -0.321 e. The number of nitrogens with zero attached hydrogens (tertiary/aromatic N) is 2. The highest BCUT2D eigenvalue weighted by atomic mass is 15.2. The average Bonchev–Trinajstić information content (AvgIpc) is 2.83. The van der Waals surface area contributed by atoms with Gasteiger partial charge in [-0.15, -0.1) is 0 Å². The molecule has 13 heavy (non-hydrogen) atoms. The Morgan fingerprint density at radius 2 is 2.15 bits per heavy atom. The van der Waals surface area contributed by atoms with E-state index in [1.54, 1.807) is 0 Å². The number of H-pyrrole nitrogens is 1. The summed E-state index contributed by atoms with van der Waals surface area (Å²) < 4.78 is 0. The number of rotatable bonds is 3. The molecule has 1 aliphatic carbocycles. The van der Waals surface area contributed by atoms with Gasteiger partial charge in [-0.1, -0.05) is 13.8 Å². The standard InChI is InChI=1S/C9H16N4/c1-5(2)7(10)9-11-8(12-13-9)6-3-4-6/h5-7H,3-4,10H2,1-2H3,(H,11,12,13). The number of hydrogen-bond acceptors (Lipinski definition) is 3. The zero-order valence-corrected chi connectivity index (χ0v) is 8.12. The molecule has 4 heteroatoms. The van der Waals surface area contributed by atoms with Crippen molar-refractivity contribution in [1.82, 2.24) is 15.2 Å². The Labute approximate surface area is 77.9 Å². The van der Waals surface area contributed by atoms with Crippen LogP contribution in [0.3, 0.4) is 0 Å². The van der Waals surface area contributed by atoms with Gasteiger partial charge in [0.15, 0.2) is 5.82 Å². The second-order valence-corrected chi connectivity index (χ2v) is 4.12. The number of aromatic amines is 1. The normalized spacial score (nSPS) is 19.4. The molecule has 0 amide bonds. The van der Waals surface area contributed by atoms with Gasteiger partial charge in [-0.3, -0.25) is 5.10 Å². The van der Waals surface area contributed by atoms with E-state index in [1.165, 1.54) is 12.8 Å². The number of nitrogens with two attached hydrogens (primary N) is 1. The Bertz CT molecular complexity index is 288. The summed E-state index contributed by atoms with van der Waals surface area (Å²) in [6.45, 7) is 4.16. The van der Waals surface area contributed by atoms with Crippen LogP contribution in [-0.2, 0) is 0 Å². The molecule has 1 fully saturated rings. The molecule has 4 nitrogen and oxygen atoms in total. The summed E-state index contributed by atoms with van der Waals surface area (Å²) in [7, 11) is 0. The third-order valence-corrected chi connectivity index (χ3v) is 2.50. The van der Waals surface area contributed by atoms with E-state index < -0.39 is 0 Å². The van der Waals surface area contributed by atoms with Crippen molar-refractivity contribution in [1.29, 1.82) is 0 Å². The Morgan fingerprint density at radius 3 is 2.69 bits per heavy atom. The van der Waals surface area contributed by atoms with E-state index >= 15 is 0 Å². The van der Waals surface area contributed by atoms with Gasteiger partial charge < -0.3 is 5.73 Å². The quantitative estimate of drug-likeness (QED) is 0.737. The third-order valence-electron chi connectivity index (χ3n) is 2.50. The summed E-state index contributed by atoms with van der Waals surface area (Å²) in [5, 5.41) is 7.10. The monoisotopic (exact) mass is 180 g/mol. The summed E-state index contributed by atoms with van der Waals surface area (Å²) in [5.41, 5.74) is 5.93. The van der Waals surface area contributed by atoms with Gasteiger partial charge in [0.25, 0.3) is 0 Å². The Kier molecular flexibility index (Phi) is 2.07. The molecule has 1 atom stereocenters. The molecule has 0 bridgehead atoms. The SMILES string of the molecule is CC(C)C(N)c1n[nH]c(C2CC2)n1. The molecule has 0 radical (unpaired) electrons. The second-order valence-electron chi connectivity index (χ2n) is 4.12. The average molecular weight is 180 g/mol. The lowest BCUT2D eigenvalue weighted by atomic mass is 10.1. The largest absolute Gasteiger partial charge is 0.321 e. The van der Waals surface area contributed by atoms with Crippen molar-refractivity contribution in [2.75, 3.05) is 0 Å². The van der Waals surface area contributed by atoms with Crippen LogP contribution in [0.4, 0.5) is 0 Å². The Morgan fingerprint density at radius 1 is 1.46 bits per heavy atom. The van der Waals surface area contributed by atoms with Crippen molar-refractivity contribution in [2.45, 2.75) is 38.6 Å². The molecular formula is C9H16N4. The van der Waals surface area contributed by atoms with Gasteiger partial charge >= 0.3 is 0 Å². The maximum atomic E-state index is 5.93. The predicted molar refractivity (Wildman–Crippen MR) is 50.1 cm³/mol. The molecule has 1 aromatic rings. The third kappa shape index (κ3) is 1.72. The number of aromatic nitrogens is 3. The molecular weight excluding hydrogens is 164 g/mol. The van der Waals surface area contributed by atoms with Crippen LogP contribution in [-0.4, -0.2) is 15.2 Å². The van der Waals surface area contributed by atoms with Crippen LogP contribution in [0.5, 0.6) is 0 Å². The van der Waals surface area contributed by atoms with Gasteiger partial charge in [0.2, 0.25) is 0 Å². The highest BCUT2D eigenvalue weighted by molar-refractivity contribution is 5.06. The summed E-state index contributed by atoms with van der Waals surface area (Å²) in [6.07, 6.45) is 2.48. The molecule has 1 heterocycles. The van der Waals surface area contributed by atoms with E-state index in [1.807, 2.05) is 0 Å². The minimum atomic E-state index is -0.0382. The van der Waals surface area contributed by atoms with E-state index in [0.29, 0.717) is 11.8 Å². The number of nitrogens with one attached hydrogen (secondary N) is 1. The van der Waals surface area contributed by atoms with Crippen LogP contribution in [0.1, 0.15) is 50.3 Å². The van der Waals surface area contributed by atoms with Gasteiger partial charge in [-0.25, -0.2) is 4.98 Å². The molecule has 1 saturated carbocycles. The molecule has 0 spiro atoms. The van der Waals surface area contributed by atoms with Gasteiger partial charge in [0.05, 0.1) is 6.04 Å². The fourth-order valence-corrected chi connectivity index (χ4v) is 1.27. The van der Waals surface area contributed by atoms with Gasteiger partial charge in [0.1, 0.15) is 5.82 Å². The van der Waals surface area contributed by atoms with Crippen molar-refractivity contribution in [2.24, 2.45) is 11.7 Å². The summed E-state index contributed by atoms with van der Waals surface area (Å²) in [5.74, 6) is 2.80. The van der Waals surface area contributed by atoms with Crippen LogP contribution >= 0.6 is 0 Å². The van der Waals surface area contributed by atoms with E-state index in [9.17, 15) is 0 Å². The van der Waals surface area contributed by atoms with Crippen molar-refractivity contribution >= 4 is 0 Å². The van der Waals surface area contributed by atoms with Gasteiger partial charge in [-0.05, 0) is 18.8 Å². The van der Waals surface area contributed by atoms with Crippen molar-refractivity contribution < 1.29 is 0 Å². The van der Waals surface area contributed by atoms with Gasteiger partial charge in [0, 0.05) is 5.92 Å². The maximum Gasteiger partial charge on any atom is 0.167 e. The molecule has 1 unspecified atom stereocenters. The predicted octanol–water partition coefficient (Wildman–Crippen LogP) is 1.34. The van der Waals surface area contributed by atoms with E-state index in [2.05, 4.69) is 29.0 Å². The smallest absolute Gasteiger partial charge is 0.167 e. The van der Waals surface area contributed by atoms with Crippen LogP contribution in [0.25, 0.3) is 0 Å². The van der Waals surface area contributed by atoms with Crippen molar-refractivity contribution in [3.63, 3.8) is 0 Å². The van der Waals surface area contributed by atoms with Crippen molar-refractivity contribution in [3.05, 3.63) is 11.6 Å². The zero-order valence-electron chi connectivity index (χ0n) is 8.12. The van der Waals surface area contributed by atoms with Crippen molar-refractivity contribution in [3.8, 4) is 0 Å². The summed E-state index contributed by atoms with van der Waals surface area (Å²) >= 11 is 0. The Hall–Kier alpha value is -0.900. The molecule has 2 rings (SSSR count). The lowest BCUT2D eigenvalue weighted by Crippen LogP contribution is -2.18. The first-order valence-corrected chi connectivity index (χ1v) is 4.86. The molecule has 3 N–H and O–H groups in total. The molecule has 1 aliphatic rings. The summed E-state index contributed by atoms with van der Waals surface area (Å²) in [4.78, 5) is 4.40. The molecule has 72 valence electrons. The molecule has 0 aromatic carbocycles.